The Morgan fingerprint density at radius 1 is 1.15 bits per heavy atom. The molecule has 3 rings (SSSR count). The quantitative estimate of drug-likeness (QED) is 0.831. The number of ketones is 1. The largest absolute Gasteiger partial charge is 0.488 e. The van der Waals surface area contributed by atoms with Gasteiger partial charge in [0.1, 0.15) is 11.9 Å². The van der Waals surface area contributed by atoms with Gasteiger partial charge in [-0.25, -0.2) is 0 Å². The summed E-state index contributed by atoms with van der Waals surface area (Å²) < 4.78 is 6.02. The summed E-state index contributed by atoms with van der Waals surface area (Å²) >= 11 is 1.67. The van der Waals surface area contributed by atoms with Gasteiger partial charge in [0.05, 0.1) is 5.92 Å². The van der Waals surface area contributed by atoms with E-state index in [-0.39, 0.29) is 17.8 Å². The maximum absolute atomic E-state index is 12.0. The summed E-state index contributed by atoms with van der Waals surface area (Å²) in [6.45, 7) is 3.51. The van der Waals surface area contributed by atoms with E-state index in [0.29, 0.717) is 0 Å². The number of hydrogen-bond donors (Lipinski definition) is 0. The Morgan fingerprint density at radius 2 is 1.90 bits per heavy atom. The summed E-state index contributed by atoms with van der Waals surface area (Å²) in [6.07, 6.45) is -0.0868. The van der Waals surface area contributed by atoms with Crippen LogP contribution in [0.4, 0.5) is 0 Å². The average molecular weight is 284 g/mol. The molecule has 0 radical (unpaired) electrons. The van der Waals surface area contributed by atoms with Gasteiger partial charge >= 0.3 is 0 Å². The number of benzene rings is 1. The summed E-state index contributed by atoms with van der Waals surface area (Å²) in [5.74, 6) is 0.840. The molecule has 1 aliphatic rings. The zero-order chi connectivity index (χ0) is 14.1. The first-order valence-corrected chi connectivity index (χ1v) is 7.53. The first-order chi connectivity index (χ1) is 9.68. The average Bonchev–Trinajstić information content (AvgIpc) is 3.06. The molecule has 20 heavy (non-hydrogen) atoms. The van der Waals surface area contributed by atoms with E-state index in [1.165, 1.54) is 0 Å². The number of carbonyl (C=O) groups is 1. The van der Waals surface area contributed by atoms with Crippen LogP contribution in [0.15, 0.2) is 59.2 Å². The molecule has 2 aromatic rings. The Labute approximate surface area is 122 Å². The molecule has 0 saturated heterocycles. The molecule has 0 aliphatic carbocycles. The van der Waals surface area contributed by atoms with E-state index >= 15 is 0 Å². The van der Waals surface area contributed by atoms with Crippen molar-refractivity contribution in [3.63, 3.8) is 0 Å². The van der Waals surface area contributed by atoms with E-state index < -0.39 is 0 Å². The number of Topliss-reactive ketones (excluding diaryl/α,β-unsaturated/α-hetero) is 1. The van der Waals surface area contributed by atoms with E-state index in [1.807, 2.05) is 36.6 Å². The van der Waals surface area contributed by atoms with Gasteiger partial charge < -0.3 is 4.74 Å². The topological polar surface area (TPSA) is 26.3 Å². The van der Waals surface area contributed by atoms with Gasteiger partial charge in [-0.15, -0.1) is 11.3 Å². The van der Waals surface area contributed by atoms with E-state index in [9.17, 15) is 4.79 Å². The number of rotatable bonds is 3. The first-order valence-electron chi connectivity index (χ1n) is 6.65. The molecule has 1 aliphatic heterocycles. The van der Waals surface area contributed by atoms with Gasteiger partial charge in [-0.05, 0) is 30.9 Å². The number of hydrogen-bond acceptors (Lipinski definition) is 3. The number of ether oxygens (including phenoxy) is 1. The maximum Gasteiger partial charge on any atom is 0.159 e. The second-order valence-corrected chi connectivity index (χ2v) is 5.95. The van der Waals surface area contributed by atoms with Gasteiger partial charge in [0.2, 0.25) is 0 Å². The van der Waals surface area contributed by atoms with Crippen molar-refractivity contribution in [2.45, 2.75) is 25.9 Å². The highest BCUT2D eigenvalue weighted by molar-refractivity contribution is 7.10. The minimum Gasteiger partial charge on any atom is -0.488 e. The SMILES string of the molecule is CC(=O)C1=C(C)O[C@@H](c2cccs2)[C@H]1c1ccccc1. The van der Waals surface area contributed by atoms with Gasteiger partial charge in [0.15, 0.2) is 5.78 Å². The predicted molar refractivity (Wildman–Crippen MR) is 80.7 cm³/mol. The lowest BCUT2D eigenvalue weighted by Crippen LogP contribution is -2.12. The molecular formula is C17H16O2S. The van der Waals surface area contributed by atoms with Crippen LogP contribution in [0, 0.1) is 0 Å². The number of allylic oxidation sites excluding steroid dienone is 1. The zero-order valence-corrected chi connectivity index (χ0v) is 12.3. The molecule has 1 aromatic heterocycles. The Balaban J connectivity index is 2.09. The summed E-state index contributed by atoms with van der Waals surface area (Å²) in [5, 5.41) is 2.04. The van der Waals surface area contributed by atoms with Crippen molar-refractivity contribution >= 4 is 17.1 Å². The molecule has 0 spiro atoms. The Kier molecular flexibility index (Phi) is 3.45. The van der Waals surface area contributed by atoms with Crippen molar-refractivity contribution in [3.8, 4) is 0 Å². The highest BCUT2D eigenvalue weighted by Crippen LogP contribution is 2.48. The molecule has 0 amide bonds. The van der Waals surface area contributed by atoms with Crippen LogP contribution in [-0.4, -0.2) is 5.78 Å². The highest BCUT2D eigenvalue weighted by atomic mass is 32.1. The lowest BCUT2D eigenvalue weighted by atomic mass is 9.85. The molecule has 3 heteroatoms. The predicted octanol–water partition coefficient (Wildman–Crippen LogP) is 4.47. The normalized spacial score (nSPS) is 21.9. The zero-order valence-electron chi connectivity index (χ0n) is 11.5. The molecule has 2 atom stereocenters. The number of thiophene rings is 1. The fourth-order valence-electron chi connectivity index (χ4n) is 2.84. The van der Waals surface area contributed by atoms with Crippen LogP contribution in [-0.2, 0) is 9.53 Å². The Hall–Kier alpha value is -1.87. The number of carbonyl (C=O) groups excluding carboxylic acids is 1. The molecular weight excluding hydrogens is 268 g/mol. The third kappa shape index (κ3) is 2.18. The second kappa shape index (κ2) is 5.25. The van der Waals surface area contributed by atoms with Crippen molar-refractivity contribution in [1.82, 2.24) is 0 Å². The molecule has 0 N–H and O–H groups in total. The van der Waals surface area contributed by atoms with Crippen LogP contribution in [0.2, 0.25) is 0 Å². The molecule has 2 nitrogen and oxygen atoms in total. The minimum absolute atomic E-state index is 0.00708. The molecule has 0 bridgehead atoms. The fraction of sp³-hybridized carbons (Fsp3) is 0.235. The van der Waals surface area contributed by atoms with Crippen LogP contribution in [0.3, 0.4) is 0 Å². The van der Waals surface area contributed by atoms with Crippen LogP contribution >= 0.6 is 11.3 Å². The second-order valence-electron chi connectivity index (χ2n) is 4.97. The van der Waals surface area contributed by atoms with Gasteiger partial charge in [-0.3, -0.25) is 4.79 Å². The smallest absolute Gasteiger partial charge is 0.159 e. The maximum atomic E-state index is 12.0. The third-order valence-electron chi connectivity index (χ3n) is 3.66. The summed E-state index contributed by atoms with van der Waals surface area (Å²) in [7, 11) is 0. The molecule has 0 fully saturated rings. The van der Waals surface area contributed by atoms with Gasteiger partial charge in [-0.2, -0.15) is 0 Å². The van der Waals surface area contributed by atoms with E-state index in [2.05, 4.69) is 18.2 Å². The van der Waals surface area contributed by atoms with Gasteiger partial charge in [0, 0.05) is 10.5 Å². The van der Waals surface area contributed by atoms with Crippen molar-refractivity contribution in [2.24, 2.45) is 0 Å². The van der Waals surface area contributed by atoms with Crippen LogP contribution in [0.25, 0.3) is 0 Å². The summed E-state index contributed by atoms with van der Waals surface area (Å²) in [4.78, 5) is 13.2. The van der Waals surface area contributed by atoms with Crippen molar-refractivity contribution in [3.05, 3.63) is 69.6 Å². The monoisotopic (exact) mass is 284 g/mol. The van der Waals surface area contributed by atoms with Crippen molar-refractivity contribution in [2.75, 3.05) is 0 Å². The molecule has 102 valence electrons. The van der Waals surface area contributed by atoms with E-state index in [0.717, 1.165) is 21.8 Å². The lowest BCUT2D eigenvalue weighted by molar-refractivity contribution is -0.113. The van der Waals surface area contributed by atoms with Gasteiger partial charge in [0.25, 0.3) is 0 Å². The minimum atomic E-state index is -0.0868. The molecule has 1 aromatic carbocycles. The molecule has 0 saturated carbocycles. The van der Waals surface area contributed by atoms with Crippen molar-refractivity contribution in [1.29, 1.82) is 0 Å². The van der Waals surface area contributed by atoms with Crippen LogP contribution < -0.4 is 0 Å². The summed E-state index contributed by atoms with van der Waals surface area (Å²) in [5.41, 5.74) is 1.93. The fourth-order valence-corrected chi connectivity index (χ4v) is 3.63. The Morgan fingerprint density at radius 3 is 2.50 bits per heavy atom. The van der Waals surface area contributed by atoms with Crippen molar-refractivity contribution < 1.29 is 9.53 Å². The molecule has 0 unspecified atom stereocenters. The van der Waals surface area contributed by atoms with Crippen LogP contribution in [0.5, 0.6) is 0 Å². The van der Waals surface area contributed by atoms with Crippen LogP contribution in [0.1, 0.15) is 36.3 Å². The Bertz CT molecular complexity index is 641. The van der Waals surface area contributed by atoms with E-state index in [1.54, 1.807) is 18.3 Å². The lowest BCUT2D eigenvalue weighted by Gasteiger charge is -2.20. The highest BCUT2D eigenvalue weighted by Gasteiger charge is 2.39. The molecule has 2 heterocycles. The first kappa shape index (κ1) is 13.1. The third-order valence-corrected chi connectivity index (χ3v) is 4.59. The standard InChI is InChI=1S/C17H16O2S/c1-11(18)15-12(2)19-17(14-9-6-10-20-14)16(15)13-7-4-3-5-8-13/h3-10,16-17H,1-2H3/t16-,17-/m0/s1. The van der Waals surface area contributed by atoms with Gasteiger partial charge in [-0.1, -0.05) is 36.4 Å². The van der Waals surface area contributed by atoms with E-state index in [4.69, 9.17) is 4.74 Å². The summed E-state index contributed by atoms with van der Waals surface area (Å²) in [6, 6.07) is 14.2.